The number of alkyl halides is 1. The van der Waals surface area contributed by atoms with Gasteiger partial charge in [0, 0.05) is 11.4 Å². The van der Waals surface area contributed by atoms with Gasteiger partial charge >= 0.3 is 0 Å². The van der Waals surface area contributed by atoms with Gasteiger partial charge in [0.1, 0.15) is 0 Å². The van der Waals surface area contributed by atoms with Crippen molar-refractivity contribution in [3.8, 4) is 0 Å². The molecule has 0 aromatic carbocycles. The van der Waals surface area contributed by atoms with E-state index in [1.165, 1.54) is 12.8 Å². The van der Waals surface area contributed by atoms with Crippen LogP contribution in [0.1, 0.15) is 26.7 Å². The molecule has 0 amide bonds. The standard InChI is InChI=1S/C7H13BrO/c1-7(2)6(8)4-3-5-9-7/h6H,3-5H2,1-2H3. The normalized spacial score (nSPS) is 34.3. The van der Waals surface area contributed by atoms with Crippen molar-refractivity contribution in [1.29, 1.82) is 0 Å². The fourth-order valence-electron chi connectivity index (χ4n) is 1.04. The minimum absolute atomic E-state index is 0.0538. The molecule has 0 saturated carbocycles. The molecule has 1 rings (SSSR count). The Labute approximate surface area is 64.9 Å². The highest BCUT2D eigenvalue weighted by Crippen LogP contribution is 2.29. The lowest BCUT2D eigenvalue weighted by Crippen LogP contribution is -2.39. The van der Waals surface area contributed by atoms with E-state index in [1.54, 1.807) is 0 Å². The summed E-state index contributed by atoms with van der Waals surface area (Å²) in [7, 11) is 0. The van der Waals surface area contributed by atoms with Crippen LogP contribution in [0, 0.1) is 0 Å². The lowest BCUT2D eigenvalue weighted by Gasteiger charge is -2.34. The van der Waals surface area contributed by atoms with Gasteiger partial charge in [-0.1, -0.05) is 15.9 Å². The number of ether oxygens (including phenoxy) is 1. The van der Waals surface area contributed by atoms with Gasteiger partial charge in [0.05, 0.1) is 5.60 Å². The number of hydrogen-bond donors (Lipinski definition) is 0. The Hall–Kier alpha value is 0.440. The number of halogens is 1. The van der Waals surface area contributed by atoms with Crippen LogP contribution in [0.25, 0.3) is 0 Å². The van der Waals surface area contributed by atoms with Crippen LogP contribution in [0.4, 0.5) is 0 Å². The first-order valence-corrected chi connectivity index (χ1v) is 4.32. The largest absolute Gasteiger partial charge is 0.374 e. The van der Waals surface area contributed by atoms with E-state index in [4.69, 9.17) is 4.74 Å². The molecule has 9 heavy (non-hydrogen) atoms. The molecular formula is C7H13BrO. The minimum Gasteiger partial charge on any atom is -0.374 e. The van der Waals surface area contributed by atoms with Crippen molar-refractivity contribution in [2.75, 3.05) is 6.61 Å². The Morgan fingerprint density at radius 3 is 2.56 bits per heavy atom. The summed E-state index contributed by atoms with van der Waals surface area (Å²) in [5, 5.41) is 0. The Morgan fingerprint density at radius 2 is 2.22 bits per heavy atom. The van der Waals surface area contributed by atoms with Crippen LogP contribution >= 0.6 is 15.9 Å². The summed E-state index contributed by atoms with van der Waals surface area (Å²) in [5.74, 6) is 0. The second-order valence-electron chi connectivity index (χ2n) is 3.06. The molecule has 54 valence electrons. The van der Waals surface area contributed by atoms with Crippen molar-refractivity contribution < 1.29 is 4.74 Å². The summed E-state index contributed by atoms with van der Waals surface area (Å²) in [6.07, 6.45) is 2.44. The van der Waals surface area contributed by atoms with E-state index in [0.717, 1.165) is 6.61 Å². The van der Waals surface area contributed by atoms with E-state index in [2.05, 4.69) is 29.8 Å². The Kier molecular flexibility index (Phi) is 2.17. The van der Waals surface area contributed by atoms with E-state index < -0.39 is 0 Å². The molecule has 0 aromatic rings. The van der Waals surface area contributed by atoms with Gasteiger partial charge in [-0.15, -0.1) is 0 Å². The van der Waals surface area contributed by atoms with Gasteiger partial charge in [0.2, 0.25) is 0 Å². The highest BCUT2D eigenvalue weighted by Gasteiger charge is 2.30. The Balaban J connectivity index is 2.49. The van der Waals surface area contributed by atoms with Crippen LogP contribution in [0.15, 0.2) is 0 Å². The molecule has 1 nitrogen and oxygen atoms in total. The van der Waals surface area contributed by atoms with Crippen molar-refractivity contribution in [3.05, 3.63) is 0 Å². The van der Waals surface area contributed by atoms with Crippen LogP contribution in [0.2, 0.25) is 0 Å². The third-order valence-electron chi connectivity index (χ3n) is 1.83. The van der Waals surface area contributed by atoms with Crippen molar-refractivity contribution >= 4 is 15.9 Å². The van der Waals surface area contributed by atoms with Crippen molar-refractivity contribution in [2.45, 2.75) is 37.1 Å². The van der Waals surface area contributed by atoms with E-state index >= 15 is 0 Å². The molecule has 0 radical (unpaired) electrons. The molecule has 1 aliphatic rings. The summed E-state index contributed by atoms with van der Waals surface area (Å²) in [6, 6.07) is 0. The molecule has 0 N–H and O–H groups in total. The Morgan fingerprint density at radius 1 is 1.56 bits per heavy atom. The SMILES string of the molecule is CC1(C)OCCCC1Br. The second-order valence-corrected chi connectivity index (χ2v) is 4.17. The maximum atomic E-state index is 5.53. The van der Waals surface area contributed by atoms with E-state index in [-0.39, 0.29) is 5.60 Å². The zero-order valence-corrected chi connectivity index (χ0v) is 7.57. The lowest BCUT2D eigenvalue weighted by atomic mass is 9.98. The van der Waals surface area contributed by atoms with Gasteiger partial charge in [-0.2, -0.15) is 0 Å². The third kappa shape index (κ3) is 1.68. The molecule has 0 aromatic heterocycles. The monoisotopic (exact) mass is 192 g/mol. The van der Waals surface area contributed by atoms with Gasteiger partial charge in [-0.25, -0.2) is 0 Å². The zero-order chi connectivity index (χ0) is 6.91. The minimum atomic E-state index is 0.0538. The van der Waals surface area contributed by atoms with E-state index in [0.29, 0.717) is 4.83 Å². The fourth-order valence-corrected chi connectivity index (χ4v) is 1.49. The molecule has 1 aliphatic heterocycles. The fraction of sp³-hybridized carbons (Fsp3) is 1.00. The molecule has 1 heterocycles. The Bertz CT molecular complexity index is 101. The molecule has 0 aliphatic carbocycles. The van der Waals surface area contributed by atoms with Gasteiger partial charge < -0.3 is 4.74 Å². The van der Waals surface area contributed by atoms with Crippen LogP contribution in [0.5, 0.6) is 0 Å². The first-order valence-electron chi connectivity index (χ1n) is 3.41. The molecular weight excluding hydrogens is 180 g/mol. The first-order chi connectivity index (χ1) is 4.13. The smallest absolute Gasteiger partial charge is 0.0750 e. The summed E-state index contributed by atoms with van der Waals surface area (Å²) in [4.78, 5) is 0.541. The molecule has 0 spiro atoms. The molecule has 1 saturated heterocycles. The summed E-state index contributed by atoms with van der Waals surface area (Å²) in [6.45, 7) is 5.19. The van der Waals surface area contributed by atoms with Crippen molar-refractivity contribution in [2.24, 2.45) is 0 Å². The van der Waals surface area contributed by atoms with E-state index in [9.17, 15) is 0 Å². The van der Waals surface area contributed by atoms with Gasteiger partial charge in [-0.05, 0) is 26.7 Å². The highest BCUT2D eigenvalue weighted by molar-refractivity contribution is 9.09. The molecule has 1 atom stereocenters. The van der Waals surface area contributed by atoms with Crippen LogP contribution in [-0.2, 0) is 4.74 Å². The molecule has 0 bridgehead atoms. The van der Waals surface area contributed by atoms with Crippen molar-refractivity contribution in [3.63, 3.8) is 0 Å². The van der Waals surface area contributed by atoms with Crippen molar-refractivity contribution in [1.82, 2.24) is 0 Å². The number of rotatable bonds is 0. The molecule has 2 heteroatoms. The predicted molar refractivity (Wildman–Crippen MR) is 42.0 cm³/mol. The molecule has 1 unspecified atom stereocenters. The van der Waals surface area contributed by atoms with Crippen LogP contribution in [0.3, 0.4) is 0 Å². The molecule has 1 fully saturated rings. The topological polar surface area (TPSA) is 9.23 Å². The van der Waals surface area contributed by atoms with Gasteiger partial charge in [0.15, 0.2) is 0 Å². The quantitative estimate of drug-likeness (QED) is 0.536. The van der Waals surface area contributed by atoms with Crippen LogP contribution < -0.4 is 0 Å². The van der Waals surface area contributed by atoms with Gasteiger partial charge in [0.25, 0.3) is 0 Å². The average Bonchev–Trinajstić information content (AvgIpc) is 1.77. The lowest BCUT2D eigenvalue weighted by molar-refractivity contribution is -0.0441. The van der Waals surface area contributed by atoms with E-state index in [1.807, 2.05) is 0 Å². The maximum Gasteiger partial charge on any atom is 0.0750 e. The average molecular weight is 193 g/mol. The summed E-state index contributed by atoms with van der Waals surface area (Å²) in [5.41, 5.74) is 0.0538. The summed E-state index contributed by atoms with van der Waals surface area (Å²) >= 11 is 3.58. The number of hydrogen-bond acceptors (Lipinski definition) is 1. The third-order valence-corrected chi connectivity index (χ3v) is 3.39. The predicted octanol–water partition coefficient (Wildman–Crippen LogP) is 2.34. The first kappa shape index (κ1) is 7.55. The zero-order valence-electron chi connectivity index (χ0n) is 5.98. The second kappa shape index (κ2) is 2.59. The highest BCUT2D eigenvalue weighted by atomic mass is 79.9. The maximum absolute atomic E-state index is 5.53. The van der Waals surface area contributed by atoms with Gasteiger partial charge in [-0.3, -0.25) is 0 Å². The van der Waals surface area contributed by atoms with Crippen LogP contribution in [-0.4, -0.2) is 17.0 Å². The summed E-state index contributed by atoms with van der Waals surface area (Å²) < 4.78 is 5.53.